The molecule has 1 aliphatic heterocycles. The Bertz CT molecular complexity index is 697. The molecule has 1 fully saturated rings. The van der Waals surface area contributed by atoms with Crippen LogP contribution in [-0.4, -0.2) is 36.1 Å². The van der Waals surface area contributed by atoms with E-state index in [0.29, 0.717) is 12.2 Å². The van der Waals surface area contributed by atoms with Crippen molar-refractivity contribution in [3.63, 3.8) is 0 Å². The molecule has 0 aliphatic carbocycles. The zero-order valence-corrected chi connectivity index (χ0v) is 14.5. The molecule has 0 radical (unpaired) electrons. The lowest BCUT2D eigenvalue weighted by atomic mass is 10.1. The van der Waals surface area contributed by atoms with Gasteiger partial charge < -0.3 is 20.9 Å². The summed E-state index contributed by atoms with van der Waals surface area (Å²) in [5.41, 5.74) is 1.69. The average molecular weight is 340 g/mol. The lowest BCUT2D eigenvalue weighted by Gasteiger charge is -2.27. The Labute approximate surface area is 147 Å². The van der Waals surface area contributed by atoms with E-state index in [1.54, 1.807) is 25.5 Å². The van der Waals surface area contributed by atoms with E-state index >= 15 is 0 Å². The molecule has 7 nitrogen and oxygen atoms in total. The molecule has 2 aromatic rings. The normalized spacial score (nSPS) is 14.0. The Morgan fingerprint density at radius 3 is 2.72 bits per heavy atom. The van der Waals surface area contributed by atoms with Gasteiger partial charge in [0, 0.05) is 32.9 Å². The summed E-state index contributed by atoms with van der Waals surface area (Å²) >= 11 is 0. The van der Waals surface area contributed by atoms with Crippen molar-refractivity contribution in [1.82, 2.24) is 15.3 Å². The first-order chi connectivity index (χ1) is 12.2. The van der Waals surface area contributed by atoms with Gasteiger partial charge >= 0.3 is 6.03 Å². The second-order valence-corrected chi connectivity index (χ2v) is 6.06. The van der Waals surface area contributed by atoms with E-state index in [1.165, 1.54) is 19.3 Å². The molecular formula is C18H24N6O. The van der Waals surface area contributed by atoms with E-state index in [9.17, 15) is 4.79 Å². The zero-order valence-electron chi connectivity index (χ0n) is 14.5. The van der Waals surface area contributed by atoms with Crippen LogP contribution in [0.2, 0.25) is 0 Å². The topological polar surface area (TPSA) is 82.2 Å². The fourth-order valence-corrected chi connectivity index (χ4v) is 2.84. The maximum Gasteiger partial charge on any atom is 0.319 e. The highest BCUT2D eigenvalue weighted by molar-refractivity contribution is 5.89. The van der Waals surface area contributed by atoms with Crippen LogP contribution in [0.15, 0.2) is 36.7 Å². The van der Waals surface area contributed by atoms with Crippen molar-refractivity contribution in [2.75, 3.05) is 35.7 Å². The first kappa shape index (κ1) is 17.0. The minimum atomic E-state index is -0.254. The standard InChI is InChI=1S/C18H24N6O/c1-19-16-6-5-15(13-21-16)23-18(25)22-12-14-7-8-20-17(11-14)24-9-3-2-4-10-24/h5-8,11,13H,2-4,9-10,12H2,1H3,(H,19,21)(H2,22,23,25). The summed E-state index contributed by atoms with van der Waals surface area (Å²) in [4.78, 5) is 23.0. The maximum atomic E-state index is 12.0. The Balaban J connectivity index is 1.52. The predicted molar refractivity (Wildman–Crippen MR) is 99.9 cm³/mol. The van der Waals surface area contributed by atoms with Crippen LogP contribution < -0.4 is 20.9 Å². The number of carbonyl (C=O) groups is 1. The van der Waals surface area contributed by atoms with Crippen molar-refractivity contribution in [3.8, 4) is 0 Å². The summed E-state index contributed by atoms with van der Waals surface area (Å²) in [7, 11) is 1.80. The Morgan fingerprint density at radius 2 is 2.00 bits per heavy atom. The number of amides is 2. The molecule has 1 aliphatic rings. The molecule has 3 rings (SSSR count). The van der Waals surface area contributed by atoms with Crippen LogP contribution in [0.25, 0.3) is 0 Å². The summed E-state index contributed by atoms with van der Waals surface area (Å²) in [6, 6.07) is 7.34. The number of hydrogen-bond donors (Lipinski definition) is 3. The van der Waals surface area contributed by atoms with Gasteiger partial charge in [-0.05, 0) is 49.1 Å². The minimum Gasteiger partial charge on any atom is -0.373 e. The fraction of sp³-hybridized carbons (Fsp3) is 0.389. The summed E-state index contributed by atoms with van der Waals surface area (Å²) in [6.45, 7) is 2.57. The van der Waals surface area contributed by atoms with Crippen molar-refractivity contribution >= 4 is 23.4 Å². The molecule has 7 heteroatoms. The number of carbonyl (C=O) groups excluding carboxylic acids is 1. The summed E-state index contributed by atoms with van der Waals surface area (Å²) in [5, 5.41) is 8.58. The van der Waals surface area contributed by atoms with Crippen molar-refractivity contribution < 1.29 is 4.79 Å². The number of piperidine rings is 1. The second kappa shape index (κ2) is 8.32. The van der Waals surface area contributed by atoms with Gasteiger partial charge in [0.15, 0.2) is 0 Å². The molecule has 0 bridgehead atoms. The molecule has 0 spiro atoms. The van der Waals surface area contributed by atoms with Gasteiger partial charge in [0.1, 0.15) is 11.6 Å². The predicted octanol–water partition coefficient (Wildman–Crippen LogP) is 2.83. The van der Waals surface area contributed by atoms with Gasteiger partial charge in [-0.3, -0.25) is 0 Å². The molecule has 0 atom stereocenters. The number of hydrogen-bond acceptors (Lipinski definition) is 5. The van der Waals surface area contributed by atoms with Crippen LogP contribution in [0.4, 0.5) is 22.1 Å². The van der Waals surface area contributed by atoms with E-state index in [1.807, 2.05) is 12.1 Å². The average Bonchev–Trinajstić information content (AvgIpc) is 2.68. The number of aromatic nitrogens is 2. The Morgan fingerprint density at radius 1 is 1.16 bits per heavy atom. The molecule has 2 amide bonds. The van der Waals surface area contributed by atoms with Crippen molar-refractivity contribution in [2.45, 2.75) is 25.8 Å². The third-order valence-electron chi connectivity index (χ3n) is 4.22. The van der Waals surface area contributed by atoms with Gasteiger partial charge in [-0.1, -0.05) is 0 Å². The number of pyridine rings is 2. The summed E-state index contributed by atoms with van der Waals surface area (Å²) in [6.07, 6.45) is 7.15. The van der Waals surface area contributed by atoms with Gasteiger partial charge in [-0.15, -0.1) is 0 Å². The number of anilines is 3. The van der Waals surface area contributed by atoms with E-state index < -0.39 is 0 Å². The van der Waals surface area contributed by atoms with Crippen LogP contribution in [0, 0.1) is 0 Å². The van der Waals surface area contributed by atoms with Crippen molar-refractivity contribution in [3.05, 3.63) is 42.2 Å². The number of nitrogens with zero attached hydrogens (tertiary/aromatic N) is 3. The zero-order chi connectivity index (χ0) is 17.5. The molecule has 1 saturated heterocycles. The highest BCUT2D eigenvalue weighted by Gasteiger charge is 2.12. The third-order valence-corrected chi connectivity index (χ3v) is 4.22. The number of rotatable bonds is 5. The molecule has 3 N–H and O–H groups in total. The summed E-state index contributed by atoms with van der Waals surface area (Å²) in [5.74, 6) is 1.75. The van der Waals surface area contributed by atoms with Gasteiger partial charge in [0.25, 0.3) is 0 Å². The third kappa shape index (κ3) is 4.82. The SMILES string of the molecule is CNc1ccc(NC(=O)NCc2ccnc(N3CCCCC3)c2)cn1. The Kier molecular flexibility index (Phi) is 5.66. The highest BCUT2D eigenvalue weighted by atomic mass is 16.2. The van der Waals surface area contributed by atoms with Crippen LogP contribution in [0.1, 0.15) is 24.8 Å². The van der Waals surface area contributed by atoms with E-state index in [2.05, 4.69) is 36.9 Å². The first-order valence-corrected chi connectivity index (χ1v) is 8.63. The minimum absolute atomic E-state index is 0.254. The smallest absolute Gasteiger partial charge is 0.319 e. The summed E-state index contributed by atoms with van der Waals surface area (Å²) < 4.78 is 0. The van der Waals surface area contributed by atoms with Crippen LogP contribution in [0.5, 0.6) is 0 Å². The fourth-order valence-electron chi connectivity index (χ4n) is 2.84. The van der Waals surface area contributed by atoms with Crippen molar-refractivity contribution in [2.24, 2.45) is 0 Å². The van der Waals surface area contributed by atoms with E-state index in [0.717, 1.165) is 30.3 Å². The molecular weight excluding hydrogens is 316 g/mol. The van der Waals surface area contributed by atoms with E-state index in [4.69, 9.17) is 0 Å². The monoisotopic (exact) mass is 340 g/mol. The molecule has 2 aromatic heterocycles. The molecule has 0 aromatic carbocycles. The van der Waals surface area contributed by atoms with Gasteiger partial charge in [-0.2, -0.15) is 0 Å². The molecule has 25 heavy (non-hydrogen) atoms. The maximum absolute atomic E-state index is 12.0. The largest absolute Gasteiger partial charge is 0.373 e. The van der Waals surface area contributed by atoms with E-state index in [-0.39, 0.29) is 6.03 Å². The highest BCUT2D eigenvalue weighted by Crippen LogP contribution is 2.18. The number of nitrogens with one attached hydrogen (secondary N) is 3. The van der Waals surface area contributed by atoms with Crippen LogP contribution >= 0.6 is 0 Å². The quantitative estimate of drug-likeness (QED) is 0.780. The second-order valence-electron chi connectivity index (χ2n) is 6.06. The Hall–Kier alpha value is -2.83. The van der Waals surface area contributed by atoms with Gasteiger partial charge in [0.05, 0.1) is 11.9 Å². The molecule has 0 saturated carbocycles. The van der Waals surface area contributed by atoms with Crippen molar-refractivity contribution in [1.29, 1.82) is 0 Å². The molecule has 132 valence electrons. The van der Waals surface area contributed by atoms with Crippen LogP contribution in [-0.2, 0) is 6.54 Å². The van der Waals surface area contributed by atoms with Gasteiger partial charge in [0.2, 0.25) is 0 Å². The first-order valence-electron chi connectivity index (χ1n) is 8.63. The lowest BCUT2D eigenvalue weighted by Crippen LogP contribution is -2.31. The van der Waals surface area contributed by atoms with Crippen LogP contribution in [0.3, 0.4) is 0 Å². The molecule has 0 unspecified atom stereocenters. The lowest BCUT2D eigenvalue weighted by molar-refractivity contribution is 0.251. The number of urea groups is 1. The van der Waals surface area contributed by atoms with Gasteiger partial charge in [-0.25, -0.2) is 14.8 Å². The molecule has 3 heterocycles.